The predicted octanol–water partition coefficient (Wildman–Crippen LogP) is 3.31. The highest BCUT2D eigenvalue weighted by atomic mass is 16.5. The Bertz CT molecular complexity index is 1330. The van der Waals surface area contributed by atoms with E-state index in [-0.39, 0.29) is 11.7 Å². The summed E-state index contributed by atoms with van der Waals surface area (Å²) in [7, 11) is 1.63. The van der Waals surface area contributed by atoms with E-state index in [0.717, 1.165) is 41.7 Å². The lowest BCUT2D eigenvalue weighted by Gasteiger charge is -2.30. The first-order chi connectivity index (χ1) is 17.2. The highest BCUT2D eigenvalue weighted by Crippen LogP contribution is 2.29. The van der Waals surface area contributed by atoms with E-state index in [1.807, 2.05) is 42.5 Å². The maximum atomic E-state index is 13.4. The Morgan fingerprint density at radius 1 is 1.23 bits per heavy atom. The van der Waals surface area contributed by atoms with Gasteiger partial charge in [0.1, 0.15) is 11.8 Å². The van der Waals surface area contributed by atoms with Crippen molar-refractivity contribution in [2.45, 2.75) is 45.0 Å². The fraction of sp³-hybridized carbons (Fsp3) is 0.385. The van der Waals surface area contributed by atoms with Crippen LogP contribution in [0.4, 0.5) is 0 Å². The topological polar surface area (TPSA) is 98.2 Å². The van der Waals surface area contributed by atoms with Gasteiger partial charge in [-0.15, -0.1) is 5.10 Å². The number of aromatic nitrogens is 5. The molecule has 1 aliphatic rings. The Morgan fingerprint density at radius 3 is 2.83 bits per heavy atom. The molecule has 5 rings (SSSR count). The number of aromatic amines is 1. The van der Waals surface area contributed by atoms with E-state index in [1.165, 1.54) is 0 Å². The van der Waals surface area contributed by atoms with Crippen molar-refractivity contribution in [2.24, 2.45) is 0 Å². The maximum absolute atomic E-state index is 13.4. The number of rotatable bonds is 9. The van der Waals surface area contributed by atoms with Gasteiger partial charge in [0, 0.05) is 29.6 Å². The van der Waals surface area contributed by atoms with Crippen molar-refractivity contribution in [1.29, 1.82) is 0 Å². The molecule has 0 bridgehead atoms. The van der Waals surface area contributed by atoms with E-state index in [4.69, 9.17) is 9.47 Å². The van der Waals surface area contributed by atoms with Gasteiger partial charge in [-0.2, -0.15) is 0 Å². The van der Waals surface area contributed by atoms with Crippen molar-refractivity contribution >= 4 is 10.9 Å². The first-order valence-electron chi connectivity index (χ1n) is 12.0. The van der Waals surface area contributed by atoms with Gasteiger partial charge < -0.3 is 14.5 Å². The molecule has 182 valence electrons. The minimum absolute atomic E-state index is 0.0706. The fourth-order valence-electron chi connectivity index (χ4n) is 4.75. The summed E-state index contributed by atoms with van der Waals surface area (Å²) in [5.74, 6) is 1.36. The van der Waals surface area contributed by atoms with Crippen LogP contribution in [0.3, 0.4) is 0 Å². The minimum atomic E-state index is -0.448. The zero-order chi connectivity index (χ0) is 24.2. The molecule has 2 atom stereocenters. The van der Waals surface area contributed by atoms with Crippen molar-refractivity contribution in [3.63, 3.8) is 0 Å². The fourth-order valence-corrected chi connectivity index (χ4v) is 4.75. The molecule has 0 spiro atoms. The zero-order valence-electron chi connectivity index (χ0n) is 20.1. The van der Waals surface area contributed by atoms with Gasteiger partial charge in [-0.05, 0) is 59.6 Å². The van der Waals surface area contributed by atoms with Crippen molar-refractivity contribution in [2.75, 3.05) is 20.3 Å². The number of pyridine rings is 1. The molecule has 2 unspecified atom stereocenters. The number of fused-ring (bicyclic) bond motifs is 1. The summed E-state index contributed by atoms with van der Waals surface area (Å²) in [6.45, 7) is 4.74. The largest absolute Gasteiger partial charge is 0.497 e. The summed E-state index contributed by atoms with van der Waals surface area (Å²) < 4.78 is 13.1. The Balaban J connectivity index is 1.62. The average Bonchev–Trinajstić information content (AvgIpc) is 3.57. The summed E-state index contributed by atoms with van der Waals surface area (Å²) in [6, 6.07) is 17.3. The van der Waals surface area contributed by atoms with E-state index in [2.05, 4.69) is 44.5 Å². The van der Waals surface area contributed by atoms with Gasteiger partial charge in [0.2, 0.25) is 0 Å². The van der Waals surface area contributed by atoms with Crippen LogP contribution in [-0.2, 0) is 17.8 Å². The van der Waals surface area contributed by atoms with E-state index in [1.54, 1.807) is 11.8 Å². The Hall–Kier alpha value is -3.56. The van der Waals surface area contributed by atoms with Crippen LogP contribution >= 0.6 is 0 Å². The van der Waals surface area contributed by atoms with Gasteiger partial charge >= 0.3 is 0 Å². The predicted molar refractivity (Wildman–Crippen MR) is 132 cm³/mol. The van der Waals surface area contributed by atoms with Crippen LogP contribution in [0, 0.1) is 0 Å². The molecule has 1 fully saturated rings. The van der Waals surface area contributed by atoms with E-state index in [0.29, 0.717) is 31.0 Å². The number of H-pyrrole nitrogens is 1. The van der Waals surface area contributed by atoms with Gasteiger partial charge in [-0.3, -0.25) is 9.69 Å². The average molecular weight is 475 g/mol. The summed E-state index contributed by atoms with van der Waals surface area (Å²) in [6.07, 6.45) is 2.08. The molecule has 0 amide bonds. The molecule has 1 aliphatic heterocycles. The second-order valence-electron chi connectivity index (χ2n) is 8.81. The molecule has 9 nitrogen and oxygen atoms in total. The molecule has 1 N–H and O–H groups in total. The van der Waals surface area contributed by atoms with Gasteiger partial charge in [0.15, 0.2) is 5.82 Å². The molecule has 4 aromatic rings. The summed E-state index contributed by atoms with van der Waals surface area (Å²) in [4.78, 5) is 18.7. The molecule has 0 aliphatic carbocycles. The summed E-state index contributed by atoms with van der Waals surface area (Å²) >= 11 is 0. The SMILES string of the molecule is CCN(Cc1ccccc1)C(c1cc2cc(OC)ccc2[nH]c1=O)c1nnnn1CC1CCCO1. The Kier molecular flexibility index (Phi) is 6.87. The zero-order valence-corrected chi connectivity index (χ0v) is 20.1. The van der Waals surface area contributed by atoms with Crippen molar-refractivity contribution in [1.82, 2.24) is 30.1 Å². The van der Waals surface area contributed by atoms with Crippen LogP contribution < -0.4 is 10.3 Å². The molecule has 0 radical (unpaired) electrons. The van der Waals surface area contributed by atoms with Crippen molar-refractivity contribution in [3.05, 3.63) is 81.9 Å². The van der Waals surface area contributed by atoms with Crippen molar-refractivity contribution < 1.29 is 9.47 Å². The number of nitrogens with zero attached hydrogens (tertiary/aromatic N) is 5. The summed E-state index contributed by atoms with van der Waals surface area (Å²) in [5, 5.41) is 13.6. The highest BCUT2D eigenvalue weighted by molar-refractivity contribution is 5.80. The molecule has 0 saturated carbocycles. The molecule has 1 saturated heterocycles. The number of methoxy groups -OCH3 is 1. The standard InChI is InChI=1S/C26H30N6O3/c1-3-31(16-18-8-5-4-6-9-18)24(25-28-29-30-32(25)17-21-10-7-13-35-21)22-15-19-14-20(34-2)11-12-23(19)27-26(22)33/h4-6,8-9,11-12,14-15,21,24H,3,7,10,13,16-17H2,1-2H3,(H,27,33). The monoisotopic (exact) mass is 474 g/mol. The summed E-state index contributed by atoms with van der Waals surface area (Å²) in [5.41, 5.74) is 2.33. The lowest BCUT2D eigenvalue weighted by Crippen LogP contribution is -2.35. The number of hydrogen-bond acceptors (Lipinski definition) is 7. The van der Waals surface area contributed by atoms with Crippen molar-refractivity contribution in [3.8, 4) is 5.75 Å². The smallest absolute Gasteiger partial charge is 0.253 e. The van der Waals surface area contributed by atoms with Gasteiger partial charge in [-0.25, -0.2) is 4.68 Å². The van der Waals surface area contributed by atoms with E-state index in [9.17, 15) is 4.79 Å². The molecule has 2 aromatic heterocycles. The molecular formula is C26H30N6O3. The first-order valence-corrected chi connectivity index (χ1v) is 12.0. The number of hydrogen-bond donors (Lipinski definition) is 1. The number of tetrazole rings is 1. The Labute approximate surface area is 203 Å². The number of ether oxygens (including phenoxy) is 2. The van der Waals surface area contributed by atoms with Crippen LogP contribution in [-0.4, -0.2) is 56.5 Å². The van der Waals surface area contributed by atoms with E-state index < -0.39 is 6.04 Å². The Morgan fingerprint density at radius 2 is 2.09 bits per heavy atom. The van der Waals surface area contributed by atoms with E-state index >= 15 is 0 Å². The van der Waals surface area contributed by atoms with Crippen LogP contribution in [0.1, 0.15) is 42.8 Å². The second-order valence-corrected chi connectivity index (χ2v) is 8.81. The third kappa shape index (κ3) is 4.96. The minimum Gasteiger partial charge on any atom is -0.497 e. The van der Waals surface area contributed by atoms with Gasteiger partial charge in [-0.1, -0.05) is 37.3 Å². The quantitative estimate of drug-likeness (QED) is 0.397. The first kappa shape index (κ1) is 23.2. The van der Waals surface area contributed by atoms with Crippen LogP contribution in [0.25, 0.3) is 10.9 Å². The second kappa shape index (κ2) is 10.4. The maximum Gasteiger partial charge on any atom is 0.253 e. The van der Waals surface area contributed by atoms with Crippen LogP contribution in [0.5, 0.6) is 5.75 Å². The number of nitrogens with one attached hydrogen (secondary N) is 1. The highest BCUT2D eigenvalue weighted by Gasteiger charge is 2.31. The normalized spacial score (nSPS) is 16.7. The third-order valence-electron chi connectivity index (χ3n) is 6.58. The lowest BCUT2D eigenvalue weighted by molar-refractivity contribution is 0.0907. The molecule has 2 aromatic carbocycles. The molecule has 9 heteroatoms. The molecule has 35 heavy (non-hydrogen) atoms. The number of benzene rings is 2. The van der Waals surface area contributed by atoms with Crippen LogP contribution in [0.15, 0.2) is 59.4 Å². The van der Waals surface area contributed by atoms with Gasteiger partial charge in [0.05, 0.1) is 19.8 Å². The third-order valence-corrected chi connectivity index (χ3v) is 6.58. The molecule has 3 heterocycles. The molecular weight excluding hydrogens is 444 g/mol. The van der Waals surface area contributed by atoms with Gasteiger partial charge in [0.25, 0.3) is 5.56 Å². The lowest BCUT2D eigenvalue weighted by atomic mass is 10.0. The van der Waals surface area contributed by atoms with Crippen LogP contribution in [0.2, 0.25) is 0 Å².